The molecule has 50 heavy (non-hydrogen) atoms. The summed E-state index contributed by atoms with van der Waals surface area (Å²) in [5.74, 6) is -2.40. The quantitative estimate of drug-likeness (QED) is 0.375. The molecule has 0 aliphatic carbocycles. The molecule has 266 valence electrons. The highest BCUT2D eigenvalue weighted by Crippen LogP contribution is 2.29. The summed E-state index contributed by atoms with van der Waals surface area (Å²) in [6.07, 6.45) is -0.782. The maximum absolute atomic E-state index is 14.3. The van der Waals surface area contributed by atoms with Crippen LogP contribution >= 0.6 is 0 Å². The first-order valence-electron chi connectivity index (χ1n) is 17.2. The first kappa shape index (κ1) is 35.1. The van der Waals surface area contributed by atoms with E-state index in [-0.39, 0.29) is 31.8 Å². The normalized spacial score (nSPS) is 27.2. The summed E-state index contributed by atoms with van der Waals surface area (Å²) in [4.78, 5) is 73.5. The van der Waals surface area contributed by atoms with Crippen LogP contribution < -0.4 is 10.6 Å². The summed E-state index contributed by atoms with van der Waals surface area (Å²) < 4.78 is 12.0. The predicted molar refractivity (Wildman–Crippen MR) is 183 cm³/mol. The van der Waals surface area contributed by atoms with E-state index in [0.717, 1.165) is 16.5 Å². The number of aliphatic hydroxyl groups excluding tert-OH is 1. The van der Waals surface area contributed by atoms with Gasteiger partial charge in [0.1, 0.15) is 42.5 Å². The molecule has 0 saturated carbocycles. The maximum Gasteiger partial charge on any atom is 0.290 e. The van der Waals surface area contributed by atoms with Crippen molar-refractivity contribution >= 4 is 40.5 Å². The van der Waals surface area contributed by atoms with Gasteiger partial charge in [-0.3, -0.25) is 24.0 Å². The Morgan fingerprint density at radius 1 is 1.00 bits per heavy atom. The molecule has 5 amide bonds. The number of nitrogens with zero attached hydrogens (tertiary/aromatic N) is 3. The van der Waals surface area contributed by atoms with E-state index in [1.807, 2.05) is 55.5 Å². The molecule has 3 fully saturated rings. The lowest BCUT2D eigenvalue weighted by Gasteiger charge is -2.38. The van der Waals surface area contributed by atoms with Gasteiger partial charge in [-0.15, -0.1) is 0 Å². The Morgan fingerprint density at radius 2 is 1.76 bits per heavy atom. The van der Waals surface area contributed by atoms with Crippen molar-refractivity contribution in [3.05, 3.63) is 71.0 Å². The number of nitrogens with one attached hydrogen (secondary N) is 2. The molecule has 13 heteroatoms. The number of ether oxygens (including phenoxy) is 1. The maximum atomic E-state index is 14.3. The second kappa shape index (κ2) is 14.6. The molecule has 4 heterocycles. The zero-order chi connectivity index (χ0) is 35.7. The molecular formula is C37H45N5O8. The number of furan rings is 1. The molecule has 2 aromatic carbocycles. The van der Waals surface area contributed by atoms with Gasteiger partial charge in [-0.25, -0.2) is 0 Å². The number of carbonyl (C=O) groups is 5. The molecule has 3 aliphatic heterocycles. The van der Waals surface area contributed by atoms with Crippen LogP contribution in [0.1, 0.15) is 53.4 Å². The third-order valence-corrected chi connectivity index (χ3v) is 10.3. The minimum absolute atomic E-state index is 0.0652. The lowest BCUT2D eigenvalue weighted by molar-refractivity contribution is -0.147. The molecule has 0 unspecified atom stereocenters. The Bertz CT molecular complexity index is 1780. The van der Waals surface area contributed by atoms with Crippen LogP contribution in [0.25, 0.3) is 11.0 Å². The summed E-state index contributed by atoms with van der Waals surface area (Å²) in [6.45, 7) is 5.17. The third kappa shape index (κ3) is 7.10. The number of amides is 5. The van der Waals surface area contributed by atoms with Gasteiger partial charge in [0.2, 0.25) is 23.6 Å². The van der Waals surface area contributed by atoms with Gasteiger partial charge in [-0.05, 0) is 57.2 Å². The minimum Gasteiger partial charge on any atom is -0.451 e. The van der Waals surface area contributed by atoms with E-state index >= 15 is 0 Å². The van der Waals surface area contributed by atoms with Crippen LogP contribution in [0.5, 0.6) is 0 Å². The van der Waals surface area contributed by atoms with Crippen LogP contribution in [-0.4, -0.2) is 119 Å². The van der Waals surface area contributed by atoms with Crippen molar-refractivity contribution in [3.8, 4) is 0 Å². The Morgan fingerprint density at radius 3 is 2.52 bits per heavy atom. The predicted octanol–water partition coefficient (Wildman–Crippen LogP) is 1.71. The average molecular weight is 688 g/mol. The molecule has 13 nitrogen and oxygen atoms in total. The van der Waals surface area contributed by atoms with Crippen LogP contribution in [0.15, 0.2) is 52.9 Å². The van der Waals surface area contributed by atoms with Crippen molar-refractivity contribution < 1.29 is 38.2 Å². The number of hydrogen-bond acceptors (Lipinski definition) is 8. The van der Waals surface area contributed by atoms with E-state index in [0.29, 0.717) is 30.5 Å². The van der Waals surface area contributed by atoms with Crippen LogP contribution in [0.4, 0.5) is 0 Å². The van der Waals surface area contributed by atoms with Gasteiger partial charge in [-0.2, -0.15) is 0 Å². The van der Waals surface area contributed by atoms with E-state index in [1.54, 1.807) is 13.8 Å². The number of benzene rings is 2. The molecule has 3 N–H and O–H groups in total. The summed E-state index contributed by atoms with van der Waals surface area (Å²) >= 11 is 0. The molecular weight excluding hydrogens is 642 g/mol. The van der Waals surface area contributed by atoms with E-state index < -0.39 is 72.5 Å². The molecule has 3 aromatic rings. The van der Waals surface area contributed by atoms with E-state index in [9.17, 15) is 29.1 Å². The van der Waals surface area contributed by atoms with Crippen molar-refractivity contribution in [2.45, 2.75) is 82.8 Å². The van der Waals surface area contributed by atoms with Gasteiger partial charge in [0.15, 0.2) is 5.76 Å². The monoisotopic (exact) mass is 687 g/mol. The summed E-state index contributed by atoms with van der Waals surface area (Å²) in [5.41, 5.74) is 2.92. The van der Waals surface area contributed by atoms with Crippen molar-refractivity contribution in [3.63, 3.8) is 0 Å². The number of rotatable bonds is 3. The molecule has 6 rings (SSSR count). The molecule has 1 aromatic heterocycles. The summed E-state index contributed by atoms with van der Waals surface area (Å²) in [5, 5.41) is 18.0. The van der Waals surface area contributed by atoms with Gasteiger partial charge < -0.3 is 39.6 Å². The molecule has 0 radical (unpaired) electrons. The number of likely N-dealkylation sites (N-methyl/N-ethyl adjacent to an activating group) is 1. The summed E-state index contributed by atoms with van der Waals surface area (Å²) in [6, 6.07) is 11.3. The first-order chi connectivity index (χ1) is 23.9. The zero-order valence-electron chi connectivity index (χ0n) is 28.9. The fourth-order valence-electron chi connectivity index (χ4n) is 7.12. The lowest BCUT2D eigenvalue weighted by Crippen LogP contribution is -2.60. The third-order valence-electron chi connectivity index (χ3n) is 10.3. The number of fused-ring (bicyclic) bond motifs is 4. The van der Waals surface area contributed by atoms with E-state index in [1.165, 1.54) is 21.7 Å². The summed E-state index contributed by atoms with van der Waals surface area (Å²) in [7, 11) is 1.51. The molecule has 0 spiro atoms. The topological polar surface area (TPSA) is 162 Å². The highest BCUT2D eigenvalue weighted by atomic mass is 16.5. The van der Waals surface area contributed by atoms with Crippen molar-refractivity contribution in [2.75, 3.05) is 33.3 Å². The minimum atomic E-state index is -1.24. The molecule has 3 aliphatic rings. The number of hydrogen-bond donors (Lipinski definition) is 3. The number of carbonyl (C=O) groups excluding carboxylic acids is 5. The van der Waals surface area contributed by atoms with Gasteiger partial charge in [0.05, 0.1) is 12.6 Å². The average Bonchev–Trinajstić information content (AvgIpc) is 3.72. The van der Waals surface area contributed by atoms with E-state index in [2.05, 4.69) is 10.6 Å². The number of aliphatic hydroxyl groups is 1. The highest BCUT2D eigenvalue weighted by Gasteiger charge is 2.42. The second-order valence-electron chi connectivity index (χ2n) is 13.7. The fourth-order valence-corrected chi connectivity index (χ4v) is 7.12. The van der Waals surface area contributed by atoms with Crippen molar-refractivity contribution in [2.24, 2.45) is 0 Å². The van der Waals surface area contributed by atoms with Gasteiger partial charge in [0, 0.05) is 37.6 Å². The standard InChI is InChI=1S/C37H45N5O8/c1-21-12-13-25-22(2)33(50-29(25)17-21)37(48)41-19-30-32(44)26(14-16-49-30)38-35(46)27(18-24-9-6-5-7-10-24)39-34(45)23(3)40(4)36(47)28-11-8-15-42(28)31(43)20-41/h5-7,9-10,12-13,17,23,26-28,30,32,44H,8,11,14-16,18-20H2,1-4H3,(H,38,46)(H,39,45)/t23-,26-,27-,28-,30+,32-/m0/s1. The Kier molecular flexibility index (Phi) is 10.3. The Hall–Kier alpha value is -4.75. The van der Waals surface area contributed by atoms with Crippen molar-refractivity contribution in [1.29, 1.82) is 0 Å². The van der Waals surface area contributed by atoms with Gasteiger partial charge in [-0.1, -0.05) is 42.5 Å². The Labute approximate surface area is 290 Å². The second-order valence-corrected chi connectivity index (χ2v) is 13.7. The van der Waals surface area contributed by atoms with Crippen LogP contribution in [0.2, 0.25) is 0 Å². The van der Waals surface area contributed by atoms with Crippen LogP contribution in [0, 0.1) is 13.8 Å². The molecule has 2 bridgehead atoms. The lowest BCUT2D eigenvalue weighted by atomic mass is 9.97. The van der Waals surface area contributed by atoms with Gasteiger partial charge >= 0.3 is 0 Å². The molecule has 6 atom stereocenters. The van der Waals surface area contributed by atoms with Crippen LogP contribution in [-0.2, 0) is 30.3 Å². The van der Waals surface area contributed by atoms with Crippen molar-refractivity contribution in [1.82, 2.24) is 25.3 Å². The SMILES string of the molecule is Cc1ccc2c(C)c(C(=O)N3CC(=O)N4CCC[C@H]4C(=O)N(C)[C@@H](C)C(=O)N[C@@H](Cc4ccccc4)C(=O)N[C@H]4CCO[C@H](C3)[C@H]4O)oc2c1. The van der Waals surface area contributed by atoms with Gasteiger partial charge in [0.25, 0.3) is 5.91 Å². The first-order valence-corrected chi connectivity index (χ1v) is 17.2. The molecule has 3 saturated heterocycles. The van der Waals surface area contributed by atoms with E-state index in [4.69, 9.17) is 9.15 Å². The highest BCUT2D eigenvalue weighted by molar-refractivity contribution is 6.01. The Balaban J connectivity index is 1.36. The fraction of sp³-hybridized carbons (Fsp3) is 0.486. The van der Waals surface area contributed by atoms with Crippen LogP contribution in [0.3, 0.4) is 0 Å². The largest absolute Gasteiger partial charge is 0.451 e. The number of aryl methyl sites for hydroxylation is 2. The zero-order valence-corrected chi connectivity index (χ0v) is 28.9. The smallest absolute Gasteiger partial charge is 0.290 e.